The Morgan fingerprint density at radius 2 is 2.50 bits per heavy atom. The summed E-state index contributed by atoms with van der Waals surface area (Å²) >= 11 is 0. The van der Waals surface area contributed by atoms with Crippen LogP contribution in [0.4, 0.5) is 0 Å². The highest BCUT2D eigenvalue weighted by atomic mass is 16.3. The monoisotopic (exact) mass is 169 g/mol. The van der Waals surface area contributed by atoms with Crippen LogP contribution in [0.25, 0.3) is 0 Å². The van der Waals surface area contributed by atoms with Gasteiger partial charge in [-0.25, -0.2) is 0 Å². The number of rotatable bonds is 5. The maximum absolute atomic E-state index is 8.92. The Morgan fingerprint density at radius 3 is 3.08 bits per heavy atom. The summed E-state index contributed by atoms with van der Waals surface area (Å²) in [7, 11) is 0. The second kappa shape index (κ2) is 4.90. The van der Waals surface area contributed by atoms with Gasteiger partial charge in [-0.2, -0.15) is 5.10 Å². The number of hydrogen-bond donors (Lipinski definition) is 2. The van der Waals surface area contributed by atoms with Crippen molar-refractivity contribution in [3.8, 4) is 0 Å². The summed E-state index contributed by atoms with van der Waals surface area (Å²) in [6.07, 6.45) is 3.40. The minimum Gasteiger partial charge on any atom is -0.392 e. The molecule has 68 valence electrons. The van der Waals surface area contributed by atoms with Crippen LogP contribution in [-0.4, -0.2) is 34.1 Å². The summed E-state index contributed by atoms with van der Waals surface area (Å²) in [6.45, 7) is 4.09. The van der Waals surface area contributed by atoms with Crippen molar-refractivity contribution in [2.45, 2.75) is 19.6 Å². The minimum atomic E-state index is -0.275. The van der Waals surface area contributed by atoms with Crippen LogP contribution in [0.2, 0.25) is 0 Å². The number of aromatic nitrogens is 2. The van der Waals surface area contributed by atoms with E-state index in [0.717, 1.165) is 13.1 Å². The molecule has 0 aliphatic carbocycles. The van der Waals surface area contributed by atoms with Gasteiger partial charge in [0.2, 0.25) is 0 Å². The first-order valence-corrected chi connectivity index (χ1v) is 4.15. The van der Waals surface area contributed by atoms with Crippen molar-refractivity contribution in [3.63, 3.8) is 0 Å². The van der Waals surface area contributed by atoms with Crippen LogP contribution < -0.4 is 5.32 Å². The molecule has 0 aliphatic rings. The van der Waals surface area contributed by atoms with Crippen molar-refractivity contribution >= 4 is 0 Å². The molecule has 1 atom stereocenters. The first-order valence-electron chi connectivity index (χ1n) is 4.15. The lowest BCUT2D eigenvalue weighted by molar-refractivity contribution is 0.191. The molecule has 0 saturated heterocycles. The first-order chi connectivity index (χ1) is 5.79. The lowest BCUT2D eigenvalue weighted by Gasteiger charge is -2.06. The quantitative estimate of drug-likeness (QED) is 0.603. The summed E-state index contributed by atoms with van der Waals surface area (Å²) in [5.41, 5.74) is 0. The van der Waals surface area contributed by atoms with E-state index in [9.17, 15) is 0 Å². The molecule has 0 radical (unpaired) electrons. The molecule has 0 spiro atoms. The highest BCUT2D eigenvalue weighted by Crippen LogP contribution is 1.82. The van der Waals surface area contributed by atoms with Gasteiger partial charge in [-0.05, 0) is 13.0 Å². The SMILES string of the molecule is C[C@H](O)CNCCn1cccn1. The number of aliphatic hydroxyl groups excluding tert-OH is 1. The van der Waals surface area contributed by atoms with Crippen LogP contribution in [-0.2, 0) is 6.54 Å². The van der Waals surface area contributed by atoms with Crippen molar-refractivity contribution in [2.24, 2.45) is 0 Å². The van der Waals surface area contributed by atoms with Crippen molar-refractivity contribution in [2.75, 3.05) is 13.1 Å². The van der Waals surface area contributed by atoms with Crippen LogP contribution >= 0.6 is 0 Å². The third-order valence-electron chi connectivity index (χ3n) is 1.52. The van der Waals surface area contributed by atoms with Crippen LogP contribution in [0.15, 0.2) is 18.5 Å². The van der Waals surface area contributed by atoms with Crippen LogP contribution in [0.3, 0.4) is 0 Å². The predicted molar refractivity (Wildman–Crippen MR) is 46.8 cm³/mol. The van der Waals surface area contributed by atoms with E-state index in [4.69, 9.17) is 5.11 Å². The zero-order valence-corrected chi connectivity index (χ0v) is 7.27. The molecule has 1 aromatic heterocycles. The summed E-state index contributed by atoms with van der Waals surface area (Å²) in [6, 6.07) is 1.90. The summed E-state index contributed by atoms with van der Waals surface area (Å²) in [5.74, 6) is 0. The highest BCUT2D eigenvalue weighted by Gasteiger charge is 1.93. The minimum absolute atomic E-state index is 0.275. The van der Waals surface area contributed by atoms with Crippen molar-refractivity contribution in [1.29, 1.82) is 0 Å². The Kier molecular flexibility index (Phi) is 3.76. The summed E-state index contributed by atoms with van der Waals surface area (Å²) < 4.78 is 1.86. The predicted octanol–water partition coefficient (Wildman–Crippen LogP) is -0.147. The number of aliphatic hydroxyl groups is 1. The first kappa shape index (κ1) is 9.22. The molecule has 4 heteroatoms. The van der Waals surface area contributed by atoms with Gasteiger partial charge in [-0.15, -0.1) is 0 Å². The maximum Gasteiger partial charge on any atom is 0.0636 e. The average molecular weight is 169 g/mol. The van der Waals surface area contributed by atoms with Gasteiger partial charge < -0.3 is 10.4 Å². The maximum atomic E-state index is 8.92. The van der Waals surface area contributed by atoms with Gasteiger partial charge in [-0.1, -0.05) is 0 Å². The zero-order chi connectivity index (χ0) is 8.81. The van der Waals surface area contributed by atoms with Gasteiger partial charge in [0.05, 0.1) is 12.6 Å². The molecule has 1 heterocycles. The van der Waals surface area contributed by atoms with Gasteiger partial charge in [0.25, 0.3) is 0 Å². The molecule has 0 bridgehead atoms. The van der Waals surface area contributed by atoms with Gasteiger partial charge >= 0.3 is 0 Å². The molecule has 0 fully saturated rings. The van der Waals surface area contributed by atoms with Gasteiger partial charge in [0, 0.05) is 25.5 Å². The molecule has 12 heavy (non-hydrogen) atoms. The lowest BCUT2D eigenvalue weighted by Crippen LogP contribution is -2.27. The second-order valence-electron chi connectivity index (χ2n) is 2.82. The van der Waals surface area contributed by atoms with E-state index in [2.05, 4.69) is 10.4 Å². The second-order valence-corrected chi connectivity index (χ2v) is 2.82. The van der Waals surface area contributed by atoms with Crippen molar-refractivity contribution in [3.05, 3.63) is 18.5 Å². The van der Waals surface area contributed by atoms with Crippen LogP contribution in [0.5, 0.6) is 0 Å². The fourth-order valence-electron chi connectivity index (χ4n) is 0.937. The smallest absolute Gasteiger partial charge is 0.0636 e. The third-order valence-corrected chi connectivity index (χ3v) is 1.52. The third kappa shape index (κ3) is 3.50. The Morgan fingerprint density at radius 1 is 1.67 bits per heavy atom. The van der Waals surface area contributed by atoms with E-state index in [-0.39, 0.29) is 6.10 Å². The zero-order valence-electron chi connectivity index (χ0n) is 7.27. The molecule has 0 aliphatic heterocycles. The van der Waals surface area contributed by atoms with Gasteiger partial charge in [0.1, 0.15) is 0 Å². The number of nitrogens with zero attached hydrogens (tertiary/aromatic N) is 2. The van der Waals surface area contributed by atoms with Crippen molar-refractivity contribution in [1.82, 2.24) is 15.1 Å². The van der Waals surface area contributed by atoms with Crippen molar-refractivity contribution < 1.29 is 5.11 Å². The van der Waals surface area contributed by atoms with E-state index in [1.165, 1.54) is 0 Å². The topological polar surface area (TPSA) is 50.1 Å². The molecule has 1 aromatic rings. The molecule has 4 nitrogen and oxygen atoms in total. The molecule has 2 N–H and O–H groups in total. The molecule has 0 amide bonds. The summed E-state index contributed by atoms with van der Waals surface area (Å²) in [4.78, 5) is 0. The Bertz CT molecular complexity index is 196. The fourth-order valence-corrected chi connectivity index (χ4v) is 0.937. The van der Waals surface area contributed by atoms with Crippen LogP contribution in [0.1, 0.15) is 6.92 Å². The average Bonchev–Trinajstić information content (AvgIpc) is 2.49. The van der Waals surface area contributed by atoms with E-state index in [1.54, 1.807) is 13.1 Å². The van der Waals surface area contributed by atoms with E-state index in [0.29, 0.717) is 6.54 Å². The van der Waals surface area contributed by atoms with E-state index >= 15 is 0 Å². The van der Waals surface area contributed by atoms with Gasteiger partial charge in [-0.3, -0.25) is 4.68 Å². The summed E-state index contributed by atoms with van der Waals surface area (Å²) in [5, 5.41) is 16.1. The number of hydrogen-bond acceptors (Lipinski definition) is 3. The Hall–Kier alpha value is -0.870. The van der Waals surface area contributed by atoms with Gasteiger partial charge in [0.15, 0.2) is 0 Å². The van der Waals surface area contributed by atoms with Crippen LogP contribution in [0, 0.1) is 0 Å². The number of nitrogens with one attached hydrogen (secondary N) is 1. The Labute approximate surface area is 72.2 Å². The lowest BCUT2D eigenvalue weighted by atomic mass is 10.4. The van der Waals surface area contributed by atoms with E-state index in [1.807, 2.05) is 16.9 Å². The molecule has 0 unspecified atom stereocenters. The molecule has 1 rings (SSSR count). The standard InChI is InChI=1S/C8H15N3O/c1-8(12)7-9-4-6-11-5-2-3-10-11/h2-3,5,8-9,12H,4,6-7H2,1H3/t8-/m0/s1. The molecular formula is C8H15N3O. The Balaban J connectivity index is 2.04. The molecular weight excluding hydrogens is 154 g/mol. The molecule has 0 saturated carbocycles. The highest BCUT2D eigenvalue weighted by molar-refractivity contribution is 4.77. The van der Waals surface area contributed by atoms with E-state index < -0.39 is 0 Å². The largest absolute Gasteiger partial charge is 0.392 e. The normalized spacial score (nSPS) is 13.2. The fraction of sp³-hybridized carbons (Fsp3) is 0.625. The molecule has 0 aromatic carbocycles.